The molecule has 0 bridgehead atoms. The fourth-order valence-corrected chi connectivity index (χ4v) is 4.05. The highest BCUT2D eigenvalue weighted by atomic mass is 32.1. The maximum Gasteiger partial charge on any atom is 0.307 e. The van der Waals surface area contributed by atoms with E-state index in [-0.39, 0.29) is 11.8 Å². The Labute approximate surface area is 160 Å². The van der Waals surface area contributed by atoms with Gasteiger partial charge < -0.3 is 10.4 Å². The Balaban J connectivity index is 1.69. The molecule has 27 heavy (non-hydrogen) atoms. The molecule has 0 spiro atoms. The van der Waals surface area contributed by atoms with Crippen LogP contribution in [0.15, 0.2) is 24.3 Å². The summed E-state index contributed by atoms with van der Waals surface area (Å²) in [5.74, 6) is -2.93. The van der Waals surface area contributed by atoms with Crippen LogP contribution in [0.25, 0.3) is 0 Å². The smallest absolute Gasteiger partial charge is 0.307 e. The minimum atomic E-state index is -0.970. The van der Waals surface area contributed by atoms with Crippen LogP contribution < -0.4 is 10.6 Å². The van der Waals surface area contributed by atoms with Gasteiger partial charge in [-0.15, -0.1) is 11.3 Å². The van der Waals surface area contributed by atoms with Crippen molar-refractivity contribution >= 4 is 39.9 Å². The topological polar surface area (TPSA) is 108 Å². The number of carbonyl (C=O) groups excluding carboxylic acids is 2. The molecule has 1 aliphatic rings. The van der Waals surface area contributed by atoms with Crippen molar-refractivity contribution in [3.05, 3.63) is 40.4 Å². The molecule has 1 heterocycles. The lowest BCUT2D eigenvalue weighted by Crippen LogP contribution is -2.18. The van der Waals surface area contributed by atoms with Gasteiger partial charge in [-0.2, -0.15) is 0 Å². The SMILES string of the molecule is Cc1nc(NC(=O)c2cccc(NC(=O)[C@@H]3[C@H](C(=O)O)C3(C)C)c2)sc1C. The van der Waals surface area contributed by atoms with E-state index in [1.54, 1.807) is 38.1 Å². The number of aryl methyl sites for hydroxylation is 2. The summed E-state index contributed by atoms with van der Waals surface area (Å²) in [5.41, 5.74) is 1.12. The zero-order valence-electron chi connectivity index (χ0n) is 15.5. The largest absolute Gasteiger partial charge is 0.481 e. The number of anilines is 2. The summed E-state index contributed by atoms with van der Waals surface area (Å²) in [6.07, 6.45) is 0. The van der Waals surface area contributed by atoms with Crippen LogP contribution in [0.5, 0.6) is 0 Å². The van der Waals surface area contributed by atoms with Gasteiger partial charge in [0, 0.05) is 16.1 Å². The molecule has 3 rings (SSSR count). The van der Waals surface area contributed by atoms with Crippen LogP contribution in [0.2, 0.25) is 0 Å². The van der Waals surface area contributed by atoms with Crippen LogP contribution >= 0.6 is 11.3 Å². The van der Waals surface area contributed by atoms with E-state index in [1.807, 2.05) is 13.8 Å². The molecule has 1 fully saturated rings. The second kappa shape index (κ2) is 6.77. The quantitative estimate of drug-likeness (QED) is 0.729. The van der Waals surface area contributed by atoms with Crippen LogP contribution in [-0.4, -0.2) is 27.9 Å². The van der Waals surface area contributed by atoms with Crippen molar-refractivity contribution in [3.63, 3.8) is 0 Å². The molecule has 2 atom stereocenters. The van der Waals surface area contributed by atoms with Gasteiger partial charge in [-0.25, -0.2) is 4.98 Å². The van der Waals surface area contributed by atoms with Crippen molar-refractivity contribution in [2.24, 2.45) is 17.3 Å². The van der Waals surface area contributed by atoms with Gasteiger partial charge in [0.05, 0.1) is 17.5 Å². The van der Waals surface area contributed by atoms with Crippen molar-refractivity contribution in [1.29, 1.82) is 0 Å². The first-order valence-electron chi connectivity index (χ1n) is 8.50. The van der Waals surface area contributed by atoms with Gasteiger partial charge >= 0.3 is 5.97 Å². The molecule has 7 nitrogen and oxygen atoms in total. The van der Waals surface area contributed by atoms with Crippen molar-refractivity contribution in [1.82, 2.24) is 4.98 Å². The first-order chi connectivity index (χ1) is 12.6. The van der Waals surface area contributed by atoms with Gasteiger partial charge in [0.2, 0.25) is 5.91 Å². The zero-order chi connectivity index (χ0) is 19.9. The second-order valence-electron chi connectivity index (χ2n) is 7.30. The molecule has 8 heteroatoms. The zero-order valence-corrected chi connectivity index (χ0v) is 16.3. The third-order valence-electron chi connectivity index (χ3n) is 5.02. The molecular formula is C19H21N3O4S. The fourth-order valence-electron chi connectivity index (χ4n) is 3.24. The maximum atomic E-state index is 12.4. The molecule has 1 saturated carbocycles. The summed E-state index contributed by atoms with van der Waals surface area (Å²) < 4.78 is 0. The number of hydrogen-bond donors (Lipinski definition) is 3. The molecule has 0 unspecified atom stereocenters. The molecule has 2 aromatic rings. The second-order valence-corrected chi connectivity index (χ2v) is 8.50. The number of nitrogens with zero attached hydrogens (tertiary/aromatic N) is 1. The predicted octanol–water partition coefficient (Wildman–Crippen LogP) is 3.31. The average molecular weight is 387 g/mol. The van der Waals surface area contributed by atoms with Gasteiger partial charge in [0.1, 0.15) is 0 Å². The van der Waals surface area contributed by atoms with Crippen LogP contribution in [0.1, 0.15) is 34.8 Å². The van der Waals surface area contributed by atoms with Crippen molar-refractivity contribution in [2.75, 3.05) is 10.6 Å². The van der Waals surface area contributed by atoms with Crippen LogP contribution in [0.4, 0.5) is 10.8 Å². The van der Waals surface area contributed by atoms with E-state index in [1.165, 1.54) is 11.3 Å². The summed E-state index contributed by atoms with van der Waals surface area (Å²) in [4.78, 5) is 41.4. The third-order valence-corrected chi connectivity index (χ3v) is 6.01. The molecule has 3 N–H and O–H groups in total. The van der Waals surface area contributed by atoms with E-state index in [4.69, 9.17) is 0 Å². The number of aromatic nitrogens is 1. The first kappa shape index (κ1) is 19.0. The summed E-state index contributed by atoms with van der Waals surface area (Å²) in [5, 5.41) is 15.2. The minimum absolute atomic E-state index is 0.324. The number of benzene rings is 1. The van der Waals surface area contributed by atoms with Gasteiger partial charge in [-0.3, -0.25) is 19.7 Å². The number of amides is 2. The molecular weight excluding hydrogens is 366 g/mol. The highest BCUT2D eigenvalue weighted by molar-refractivity contribution is 7.15. The van der Waals surface area contributed by atoms with E-state index in [0.717, 1.165) is 10.6 Å². The van der Waals surface area contributed by atoms with E-state index in [2.05, 4.69) is 15.6 Å². The Hall–Kier alpha value is -2.74. The Morgan fingerprint density at radius 1 is 1.15 bits per heavy atom. The summed E-state index contributed by atoms with van der Waals surface area (Å²) in [6, 6.07) is 6.53. The molecule has 2 amide bonds. The number of nitrogens with one attached hydrogen (secondary N) is 2. The lowest BCUT2D eigenvalue weighted by molar-refractivity contribution is -0.140. The van der Waals surface area contributed by atoms with E-state index >= 15 is 0 Å². The van der Waals surface area contributed by atoms with Gasteiger partial charge in [-0.1, -0.05) is 19.9 Å². The number of thiazole rings is 1. The molecule has 1 aromatic carbocycles. The average Bonchev–Trinajstić information content (AvgIpc) is 3.04. The van der Waals surface area contributed by atoms with Crippen LogP contribution in [-0.2, 0) is 9.59 Å². The van der Waals surface area contributed by atoms with Crippen molar-refractivity contribution in [3.8, 4) is 0 Å². The maximum absolute atomic E-state index is 12.4. The number of carbonyl (C=O) groups is 3. The van der Waals surface area contributed by atoms with Gasteiger partial charge in [0.25, 0.3) is 5.91 Å². The Bertz CT molecular complexity index is 915. The van der Waals surface area contributed by atoms with E-state index < -0.39 is 23.2 Å². The molecule has 142 valence electrons. The Kier molecular flexibility index (Phi) is 4.77. The number of aliphatic carboxylic acids is 1. The number of carboxylic acids is 1. The molecule has 0 radical (unpaired) electrons. The summed E-state index contributed by atoms with van der Waals surface area (Å²) >= 11 is 1.40. The molecule has 1 aromatic heterocycles. The lowest BCUT2D eigenvalue weighted by atomic mass is 10.1. The van der Waals surface area contributed by atoms with Gasteiger partial charge in [0.15, 0.2) is 5.13 Å². The highest BCUT2D eigenvalue weighted by Gasteiger charge is 2.65. The summed E-state index contributed by atoms with van der Waals surface area (Å²) in [6.45, 7) is 7.33. The number of carboxylic acid groups (broad SMARTS) is 1. The predicted molar refractivity (Wildman–Crippen MR) is 103 cm³/mol. The van der Waals surface area contributed by atoms with Crippen LogP contribution in [0.3, 0.4) is 0 Å². The Morgan fingerprint density at radius 2 is 1.85 bits per heavy atom. The number of rotatable bonds is 5. The third kappa shape index (κ3) is 3.71. The Morgan fingerprint density at radius 3 is 2.41 bits per heavy atom. The molecule has 1 aliphatic carbocycles. The number of hydrogen-bond acceptors (Lipinski definition) is 5. The minimum Gasteiger partial charge on any atom is -0.481 e. The van der Waals surface area contributed by atoms with Crippen LogP contribution in [0, 0.1) is 31.1 Å². The van der Waals surface area contributed by atoms with Gasteiger partial charge in [-0.05, 0) is 37.5 Å². The first-order valence-corrected chi connectivity index (χ1v) is 9.32. The van der Waals surface area contributed by atoms with E-state index in [9.17, 15) is 19.5 Å². The fraction of sp³-hybridized carbons (Fsp3) is 0.368. The van der Waals surface area contributed by atoms with Crippen molar-refractivity contribution < 1.29 is 19.5 Å². The standard InChI is InChI=1S/C19H21N3O4S/c1-9-10(2)27-18(20-9)22-15(23)11-6-5-7-12(8-11)21-16(24)13-14(17(25)26)19(13,3)4/h5-8,13-14H,1-4H3,(H,21,24)(H,25,26)(H,20,22,23)/t13-,14+/m0/s1. The monoisotopic (exact) mass is 387 g/mol. The molecule has 0 aliphatic heterocycles. The van der Waals surface area contributed by atoms with Crippen molar-refractivity contribution in [2.45, 2.75) is 27.7 Å². The molecule has 0 saturated heterocycles. The normalized spacial score (nSPS) is 20.0. The lowest BCUT2D eigenvalue weighted by Gasteiger charge is -2.08. The summed E-state index contributed by atoms with van der Waals surface area (Å²) in [7, 11) is 0. The highest BCUT2D eigenvalue weighted by Crippen LogP contribution is 2.58. The van der Waals surface area contributed by atoms with E-state index in [0.29, 0.717) is 16.4 Å².